The van der Waals surface area contributed by atoms with Crippen molar-refractivity contribution in [3.63, 3.8) is 0 Å². The van der Waals surface area contributed by atoms with Gasteiger partial charge in [-0.3, -0.25) is 4.79 Å². The van der Waals surface area contributed by atoms with Crippen LogP contribution in [-0.2, 0) is 9.53 Å². The summed E-state index contributed by atoms with van der Waals surface area (Å²) in [7, 11) is 0. The van der Waals surface area contributed by atoms with E-state index in [0.717, 1.165) is 12.8 Å². The van der Waals surface area contributed by atoms with Gasteiger partial charge in [0.15, 0.2) is 0 Å². The summed E-state index contributed by atoms with van der Waals surface area (Å²) in [5, 5.41) is 14.1. The fourth-order valence-electron chi connectivity index (χ4n) is 2.74. The van der Waals surface area contributed by atoms with Crippen molar-refractivity contribution in [3.8, 4) is 0 Å². The third-order valence-electron chi connectivity index (χ3n) is 3.71. The predicted molar refractivity (Wildman–Crippen MR) is 84.4 cm³/mol. The minimum absolute atomic E-state index is 0.117. The van der Waals surface area contributed by atoms with Gasteiger partial charge in [-0.05, 0) is 33.1 Å². The van der Waals surface area contributed by atoms with E-state index in [1.165, 1.54) is 19.3 Å². The lowest BCUT2D eigenvalue weighted by atomic mass is 9.84. The standard InChI is InChI=1S/C16H30N2O4/c1-16(2,3)22-15(21)18-13(14(20)17-9-10-19)11-12-7-5-4-6-8-12/h12-13,19H,4-11H2,1-3H3,(H,17,20)(H,18,21)/t13-/m0/s1. The molecule has 0 heterocycles. The second-order valence-electron chi connectivity index (χ2n) is 6.95. The molecule has 1 fully saturated rings. The molecule has 6 heteroatoms. The molecule has 1 aliphatic carbocycles. The molecule has 0 radical (unpaired) electrons. The van der Waals surface area contributed by atoms with E-state index in [0.29, 0.717) is 12.3 Å². The molecule has 22 heavy (non-hydrogen) atoms. The van der Waals surface area contributed by atoms with E-state index in [9.17, 15) is 9.59 Å². The molecule has 3 N–H and O–H groups in total. The highest BCUT2D eigenvalue weighted by Gasteiger charge is 2.27. The van der Waals surface area contributed by atoms with Gasteiger partial charge in [0.2, 0.25) is 5.91 Å². The maximum absolute atomic E-state index is 12.2. The Morgan fingerprint density at radius 2 is 1.86 bits per heavy atom. The van der Waals surface area contributed by atoms with Crippen LogP contribution in [0.2, 0.25) is 0 Å². The third-order valence-corrected chi connectivity index (χ3v) is 3.71. The lowest BCUT2D eigenvalue weighted by molar-refractivity contribution is -0.123. The van der Waals surface area contributed by atoms with Gasteiger partial charge in [-0.2, -0.15) is 0 Å². The summed E-state index contributed by atoms with van der Waals surface area (Å²) in [4.78, 5) is 24.1. The van der Waals surface area contributed by atoms with Crippen LogP contribution in [0.4, 0.5) is 4.79 Å². The van der Waals surface area contributed by atoms with Crippen LogP contribution in [0, 0.1) is 5.92 Å². The van der Waals surface area contributed by atoms with Gasteiger partial charge in [0.25, 0.3) is 0 Å². The second kappa shape index (κ2) is 8.98. The van der Waals surface area contributed by atoms with Crippen LogP contribution in [0.1, 0.15) is 59.3 Å². The molecule has 0 bridgehead atoms. The van der Waals surface area contributed by atoms with E-state index in [4.69, 9.17) is 9.84 Å². The fraction of sp³-hybridized carbons (Fsp3) is 0.875. The fourth-order valence-corrected chi connectivity index (χ4v) is 2.74. The van der Waals surface area contributed by atoms with Gasteiger partial charge in [-0.25, -0.2) is 4.79 Å². The molecule has 128 valence electrons. The first-order valence-corrected chi connectivity index (χ1v) is 8.20. The van der Waals surface area contributed by atoms with Gasteiger partial charge in [0.1, 0.15) is 11.6 Å². The van der Waals surface area contributed by atoms with Crippen molar-refractivity contribution in [1.29, 1.82) is 0 Å². The Morgan fingerprint density at radius 1 is 1.23 bits per heavy atom. The van der Waals surface area contributed by atoms with Crippen LogP contribution >= 0.6 is 0 Å². The summed E-state index contributed by atoms with van der Waals surface area (Å²) in [5.41, 5.74) is -0.596. The quantitative estimate of drug-likeness (QED) is 0.699. The number of nitrogens with one attached hydrogen (secondary N) is 2. The number of ether oxygens (including phenoxy) is 1. The van der Waals surface area contributed by atoms with Gasteiger partial charge in [0.05, 0.1) is 6.61 Å². The monoisotopic (exact) mass is 314 g/mol. The molecule has 0 aromatic heterocycles. The van der Waals surface area contributed by atoms with E-state index < -0.39 is 17.7 Å². The van der Waals surface area contributed by atoms with Crippen LogP contribution < -0.4 is 10.6 Å². The van der Waals surface area contributed by atoms with Gasteiger partial charge < -0.3 is 20.5 Å². The molecule has 0 aromatic rings. The lowest BCUT2D eigenvalue weighted by Crippen LogP contribution is -2.49. The van der Waals surface area contributed by atoms with Gasteiger partial charge in [-0.1, -0.05) is 32.1 Å². The number of carbonyl (C=O) groups excluding carboxylic acids is 2. The van der Waals surface area contributed by atoms with Crippen LogP contribution in [0.15, 0.2) is 0 Å². The molecule has 6 nitrogen and oxygen atoms in total. The highest BCUT2D eigenvalue weighted by atomic mass is 16.6. The number of hydrogen-bond donors (Lipinski definition) is 3. The van der Waals surface area contributed by atoms with E-state index in [2.05, 4.69) is 10.6 Å². The van der Waals surface area contributed by atoms with E-state index in [1.54, 1.807) is 20.8 Å². The third kappa shape index (κ3) is 7.64. The Balaban J connectivity index is 2.59. The molecule has 0 unspecified atom stereocenters. The molecule has 0 aliphatic heterocycles. The summed E-state index contributed by atoms with van der Waals surface area (Å²) < 4.78 is 5.23. The van der Waals surface area contributed by atoms with Crippen LogP contribution in [0.3, 0.4) is 0 Å². The highest BCUT2D eigenvalue weighted by molar-refractivity contribution is 5.85. The SMILES string of the molecule is CC(C)(C)OC(=O)N[C@@H](CC1CCCCC1)C(=O)NCCO. The Labute approximate surface area is 133 Å². The van der Waals surface area contributed by atoms with Crippen LogP contribution in [0.25, 0.3) is 0 Å². The molecule has 0 saturated heterocycles. The van der Waals surface area contributed by atoms with E-state index >= 15 is 0 Å². The molecular formula is C16H30N2O4. The van der Waals surface area contributed by atoms with Crippen molar-refractivity contribution < 1.29 is 19.4 Å². The number of aliphatic hydroxyl groups excluding tert-OH is 1. The Kier molecular flexibility index (Phi) is 7.65. The summed E-state index contributed by atoms with van der Waals surface area (Å²) >= 11 is 0. The maximum Gasteiger partial charge on any atom is 0.408 e. The zero-order valence-corrected chi connectivity index (χ0v) is 14.0. The number of amides is 2. The number of aliphatic hydroxyl groups is 1. The smallest absolute Gasteiger partial charge is 0.408 e. The lowest BCUT2D eigenvalue weighted by Gasteiger charge is -2.27. The Bertz CT molecular complexity index is 360. The zero-order chi connectivity index (χ0) is 16.6. The first-order valence-electron chi connectivity index (χ1n) is 8.20. The summed E-state index contributed by atoms with van der Waals surface area (Å²) in [6, 6.07) is -0.607. The summed E-state index contributed by atoms with van der Waals surface area (Å²) in [6.45, 7) is 5.43. The minimum Gasteiger partial charge on any atom is -0.444 e. The normalized spacial score (nSPS) is 17.6. The molecule has 1 rings (SSSR count). The Hall–Kier alpha value is -1.30. The average molecular weight is 314 g/mol. The highest BCUT2D eigenvalue weighted by Crippen LogP contribution is 2.27. The van der Waals surface area contributed by atoms with Crippen molar-refractivity contribution in [2.75, 3.05) is 13.2 Å². The summed E-state index contributed by atoms with van der Waals surface area (Å²) in [6.07, 6.45) is 5.85. The van der Waals surface area contributed by atoms with Crippen molar-refractivity contribution in [1.82, 2.24) is 10.6 Å². The number of hydrogen-bond acceptors (Lipinski definition) is 4. The van der Waals surface area contributed by atoms with Crippen LogP contribution in [-0.4, -0.2) is 41.9 Å². The molecule has 2 amide bonds. The largest absolute Gasteiger partial charge is 0.444 e. The van der Waals surface area contributed by atoms with Crippen molar-refractivity contribution >= 4 is 12.0 Å². The number of alkyl carbamates (subject to hydrolysis) is 1. The maximum atomic E-state index is 12.2. The molecule has 0 aromatic carbocycles. The van der Waals surface area contributed by atoms with E-state index in [1.807, 2.05) is 0 Å². The molecular weight excluding hydrogens is 284 g/mol. The van der Waals surface area contributed by atoms with Crippen molar-refractivity contribution in [2.45, 2.75) is 70.9 Å². The average Bonchev–Trinajstić information content (AvgIpc) is 2.43. The van der Waals surface area contributed by atoms with E-state index in [-0.39, 0.29) is 19.1 Å². The topological polar surface area (TPSA) is 87.7 Å². The zero-order valence-electron chi connectivity index (χ0n) is 14.0. The first-order chi connectivity index (χ1) is 10.3. The number of carbonyl (C=O) groups is 2. The minimum atomic E-state index is -0.607. The van der Waals surface area contributed by atoms with Gasteiger partial charge in [0, 0.05) is 6.54 Å². The predicted octanol–water partition coefficient (Wildman–Crippen LogP) is 1.96. The second-order valence-corrected chi connectivity index (χ2v) is 6.95. The van der Waals surface area contributed by atoms with Crippen molar-refractivity contribution in [3.05, 3.63) is 0 Å². The summed E-state index contributed by atoms with van der Waals surface area (Å²) in [5.74, 6) is 0.194. The van der Waals surface area contributed by atoms with Gasteiger partial charge >= 0.3 is 6.09 Å². The molecule has 0 spiro atoms. The molecule has 1 aliphatic rings. The van der Waals surface area contributed by atoms with Crippen molar-refractivity contribution in [2.24, 2.45) is 5.92 Å². The first kappa shape index (κ1) is 18.7. The number of rotatable bonds is 6. The Morgan fingerprint density at radius 3 is 2.41 bits per heavy atom. The van der Waals surface area contributed by atoms with Crippen LogP contribution in [0.5, 0.6) is 0 Å². The molecule has 1 saturated carbocycles. The molecule has 1 atom stereocenters. The van der Waals surface area contributed by atoms with Gasteiger partial charge in [-0.15, -0.1) is 0 Å².